The van der Waals surface area contributed by atoms with Crippen LogP contribution in [0.15, 0.2) is 47.0 Å². The van der Waals surface area contributed by atoms with Crippen molar-refractivity contribution >= 4 is 11.7 Å². The minimum absolute atomic E-state index is 0.101. The van der Waals surface area contributed by atoms with Crippen molar-refractivity contribution in [2.24, 2.45) is 0 Å². The van der Waals surface area contributed by atoms with Gasteiger partial charge < -0.3 is 9.84 Å². The van der Waals surface area contributed by atoms with Gasteiger partial charge in [0.15, 0.2) is 11.5 Å². The minimum Gasteiger partial charge on any atom is -0.355 e. The predicted molar refractivity (Wildman–Crippen MR) is 83.6 cm³/mol. The molecule has 3 aromatic rings. The topological polar surface area (TPSA) is 68.0 Å². The van der Waals surface area contributed by atoms with Gasteiger partial charge in [-0.1, -0.05) is 23.4 Å². The molecule has 6 heteroatoms. The molecule has 3 rings (SSSR count). The van der Waals surface area contributed by atoms with Crippen LogP contribution >= 0.6 is 0 Å². The molecule has 116 valence electrons. The monoisotopic (exact) mass is 311 g/mol. The van der Waals surface area contributed by atoms with Gasteiger partial charge in [-0.3, -0.25) is 4.79 Å². The minimum atomic E-state index is -0.439. The largest absolute Gasteiger partial charge is 0.355 e. The van der Waals surface area contributed by atoms with E-state index in [0.717, 1.165) is 5.69 Å². The van der Waals surface area contributed by atoms with E-state index in [0.29, 0.717) is 22.7 Å². The molecule has 2 heterocycles. The molecular formula is C17H14FN3O2. The van der Waals surface area contributed by atoms with Gasteiger partial charge in [0.2, 0.25) is 0 Å². The molecule has 0 saturated heterocycles. The molecule has 0 aliphatic rings. The molecule has 23 heavy (non-hydrogen) atoms. The Morgan fingerprint density at radius 2 is 2.00 bits per heavy atom. The van der Waals surface area contributed by atoms with E-state index in [1.54, 1.807) is 31.2 Å². The lowest BCUT2D eigenvalue weighted by Crippen LogP contribution is -2.13. The van der Waals surface area contributed by atoms with Crippen molar-refractivity contribution in [3.63, 3.8) is 0 Å². The first-order chi connectivity index (χ1) is 11.0. The van der Waals surface area contributed by atoms with Gasteiger partial charge in [0.05, 0.1) is 0 Å². The number of nitrogens with one attached hydrogen (secondary N) is 1. The normalized spacial score (nSPS) is 10.6. The number of amides is 1. The number of hydrogen-bond donors (Lipinski definition) is 1. The van der Waals surface area contributed by atoms with Crippen LogP contribution in [0.3, 0.4) is 0 Å². The molecule has 1 aromatic carbocycles. The summed E-state index contributed by atoms with van der Waals surface area (Å²) < 4.78 is 18.7. The Morgan fingerprint density at radius 3 is 2.74 bits per heavy atom. The van der Waals surface area contributed by atoms with Gasteiger partial charge in [-0.05, 0) is 37.6 Å². The maximum atomic E-state index is 13.6. The van der Waals surface area contributed by atoms with Gasteiger partial charge in [-0.15, -0.1) is 0 Å². The molecule has 0 radical (unpaired) electrons. The molecule has 0 spiro atoms. The van der Waals surface area contributed by atoms with Crippen LogP contribution in [-0.2, 0) is 0 Å². The Morgan fingerprint density at radius 1 is 1.17 bits per heavy atom. The molecule has 0 aliphatic carbocycles. The summed E-state index contributed by atoms with van der Waals surface area (Å²) in [5, 5.41) is 6.36. The maximum absolute atomic E-state index is 13.6. The highest BCUT2D eigenvalue weighted by molar-refractivity contribution is 6.02. The quantitative estimate of drug-likeness (QED) is 0.800. The summed E-state index contributed by atoms with van der Waals surface area (Å²) in [6.07, 6.45) is 0. The molecule has 2 aromatic heterocycles. The Bertz CT molecular complexity index is 874. The summed E-state index contributed by atoms with van der Waals surface area (Å²) in [4.78, 5) is 16.3. The highest BCUT2D eigenvalue weighted by Gasteiger charge is 2.15. The van der Waals surface area contributed by atoms with Gasteiger partial charge >= 0.3 is 0 Å². The number of benzene rings is 1. The van der Waals surface area contributed by atoms with Crippen molar-refractivity contribution in [3.05, 3.63) is 65.2 Å². The second kappa shape index (κ2) is 6.00. The van der Waals surface area contributed by atoms with Crippen molar-refractivity contribution in [3.8, 4) is 11.3 Å². The number of rotatable bonds is 3. The fourth-order valence-electron chi connectivity index (χ4n) is 2.06. The molecule has 0 saturated carbocycles. The number of aryl methyl sites for hydroxylation is 2. The van der Waals surface area contributed by atoms with Gasteiger partial charge in [0.25, 0.3) is 5.91 Å². The van der Waals surface area contributed by atoms with Crippen molar-refractivity contribution < 1.29 is 13.7 Å². The van der Waals surface area contributed by atoms with E-state index >= 15 is 0 Å². The molecule has 0 unspecified atom stereocenters. The van der Waals surface area contributed by atoms with Gasteiger partial charge in [0, 0.05) is 17.3 Å². The van der Waals surface area contributed by atoms with Crippen LogP contribution in [0.4, 0.5) is 10.2 Å². The summed E-state index contributed by atoms with van der Waals surface area (Å²) >= 11 is 0. The van der Waals surface area contributed by atoms with Crippen LogP contribution in [0.5, 0.6) is 0 Å². The number of halogens is 1. The molecule has 0 aliphatic heterocycles. The summed E-state index contributed by atoms with van der Waals surface area (Å²) in [5.41, 5.74) is 1.95. The third-order valence-corrected chi connectivity index (χ3v) is 3.33. The molecule has 0 atom stereocenters. The lowest BCUT2D eigenvalue weighted by atomic mass is 10.1. The van der Waals surface area contributed by atoms with Crippen LogP contribution in [-0.4, -0.2) is 16.0 Å². The second-order valence-corrected chi connectivity index (χ2v) is 5.16. The van der Waals surface area contributed by atoms with E-state index in [4.69, 9.17) is 4.52 Å². The number of hydrogen-bond acceptors (Lipinski definition) is 4. The van der Waals surface area contributed by atoms with Gasteiger partial charge in [-0.2, -0.15) is 0 Å². The van der Waals surface area contributed by atoms with Crippen molar-refractivity contribution in [2.75, 3.05) is 5.32 Å². The zero-order valence-electron chi connectivity index (χ0n) is 12.6. The average Bonchev–Trinajstić information content (AvgIpc) is 3.00. The Kier molecular flexibility index (Phi) is 3.89. The zero-order valence-corrected chi connectivity index (χ0v) is 12.6. The average molecular weight is 311 g/mol. The van der Waals surface area contributed by atoms with Crippen LogP contribution < -0.4 is 5.32 Å². The molecular weight excluding hydrogens is 297 g/mol. The lowest BCUT2D eigenvalue weighted by Gasteiger charge is -2.02. The summed E-state index contributed by atoms with van der Waals surface area (Å²) in [6, 6.07) is 11.5. The van der Waals surface area contributed by atoms with Gasteiger partial charge in [0.1, 0.15) is 11.6 Å². The highest BCUT2D eigenvalue weighted by atomic mass is 19.1. The Labute approximate surface area is 132 Å². The van der Waals surface area contributed by atoms with Crippen LogP contribution in [0.1, 0.15) is 21.7 Å². The third kappa shape index (κ3) is 3.26. The van der Waals surface area contributed by atoms with E-state index in [2.05, 4.69) is 15.5 Å². The van der Waals surface area contributed by atoms with Crippen molar-refractivity contribution in [1.29, 1.82) is 0 Å². The third-order valence-electron chi connectivity index (χ3n) is 3.33. The Hall–Kier alpha value is -3.02. The summed E-state index contributed by atoms with van der Waals surface area (Å²) in [6.45, 7) is 3.50. The number of carbonyl (C=O) groups excluding carboxylic acids is 1. The SMILES string of the molecule is Cc1cccc(NC(=O)c2cc(-c3ccc(C)c(F)c3)on2)n1. The molecule has 0 bridgehead atoms. The predicted octanol–water partition coefficient (Wildman–Crippen LogP) is 3.74. The first kappa shape index (κ1) is 14.9. The van der Waals surface area contributed by atoms with Gasteiger partial charge in [-0.25, -0.2) is 9.37 Å². The van der Waals surface area contributed by atoms with E-state index < -0.39 is 5.91 Å². The summed E-state index contributed by atoms with van der Waals surface area (Å²) in [5.74, 6) is -0.0215. The van der Waals surface area contributed by atoms with Crippen LogP contribution in [0.2, 0.25) is 0 Å². The number of anilines is 1. The van der Waals surface area contributed by atoms with E-state index in [9.17, 15) is 9.18 Å². The number of pyridine rings is 1. The number of aromatic nitrogens is 2. The second-order valence-electron chi connectivity index (χ2n) is 5.16. The standard InChI is InChI=1S/C17H14FN3O2/c1-10-6-7-12(8-13(10)18)15-9-14(21-23-15)17(22)20-16-5-3-4-11(2)19-16/h3-9H,1-2H3,(H,19,20,22). The lowest BCUT2D eigenvalue weighted by molar-refractivity contribution is 0.101. The molecule has 1 amide bonds. The fraction of sp³-hybridized carbons (Fsp3) is 0.118. The first-order valence-corrected chi connectivity index (χ1v) is 7.01. The maximum Gasteiger partial charge on any atom is 0.279 e. The molecule has 0 fully saturated rings. The number of nitrogens with zero attached hydrogens (tertiary/aromatic N) is 2. The molecule has 5 nitrogen and oxygen atoms in total. The van der Waals surface area contributed by atoms with E-state index in [1.807, 2.05) is 13.0 Å². The zero-order chi connectivity index (χ0) is 16.4. The van der Waals surface area contributed by atoms with E-state index in [-0.39, 0.29) is 11.5 Å². The smallest absolute Gasteiger partial charge is 0.279 e. The van der Waals surface area contributed by atoms with Crippen molar-refractivity contribution in [1.82, 2.24) is 10.1 Å². The van der Waals surface area contributed by atoms with Crippen molar-refractivity contribution in [2.45, 2.75) is 13.8 Å². The number of carbonyl (C=O) groups is 1. The highest BCUT2D eigenvalue weighted by Crippen LogP contribution is 2.23. The first-order valence-electron chi connectivity index (χ1n) is 7.01. The van der Waals surface area contributed by atoms with Crippen LogP contribution in [0, 0.1) is 19.7 Å². The van der Waals surface area contributed by atoms with Crippen LogP contribution in [0.25, 0.3) is 11.3 Å². The van der Waals surface area contributed by atoms with E-state index in [1.165, 1.54) is 12.1 Å². The Balaban J connectivity index is 1.81. The molecule has 1 N–H and O–H groups in total. The fourth-order valence-corrected chi connectivity index (χ4v) is 2.06. The summed E-state index contributed by atoms with van der Waals surface area (Å²) in [7, 11) is 0.